The van der Waals surface area contributed by atoms with E-state index >= 15 is 0 Å². The lowest BCUT2D eigenvalue weighted by Crippen LogP contribution is -2.15. The fraction of sp³-hybridized carbons (Fsp3) is 0.200. The summed E-state index contributed by atoms with van der Waals surface area (Å²) in [5.41, 5.74) is -0.610. The lowest BCUT2D eigenvalue weighted by Gasteiger charge is -2.20. The molecule has 1 aromatic rings. The fourth-order valence-electron chi connectivity index (χ4n) is 1.55. The smallest absolute Gasteiger partial charge is 0.418 e. The number of rotatable bonds is 0. The molecular formula is C10H8F3NO. The number of aliphatic hydroxyl groups excluding tert-OH is 1. The predicted octanol–water partition coefficient (Wildman–Crippen LogP) is 3.03. The number of para-hydroxylation sites is 1. The molecule has 0 bridgehead atoms. The van der Waals surface area contributed by atoms with Crippen molar-refractivity contribution in [2.45, 2.75) is 6.18 Å². The molecule has 0 fully saturated rings. The summed E-state index contributed by atoms with van der Waals surface area (Å²) in [5, 5.41) is 12.0. The van der Waals surface area contributed by atoms with Crippen LogP contribution in [0.5, 0.6) is 0 Å². The molecule has 2 rings (SSSR count). The summed E-state index contributed by atoms with van der Waals surface area (Å²) >= 11 is 0. The number of hydrogen-bond donors (Lipinski definition) is 2. The number of alkyl halides is 3. The van der Waals surface area contributed by atoms with E-state index in [4.69, 9.17) is 0 Å². The summed E-state index contributed by atoms with van der Waals surface area (Å²) in [4.78, 5) is 0. The average Bonchev–Trinajstić information content (AvgIpc) is 2.16. The first kappa shape index (κ1) is 9.89. The standard InChI is InChI=1S/C10H8F3NO/c11-10(12,13)7-3-1-2-6-8(15)4-5-14-9(6)7/h1-4,14-15H,5H2. The third-order valence-electron chi connectivity index (χ3n) is 2.22. The molecule has 1 aliphatic rings. The Morgan fingerprint density at radius 3 is 2.67 bits per heavy atom. The molecule has 0 amide bonds. The highest BCUT2D eigenvalue weighted by molar-refractivity contribution is 5.77. The maximum atomic E-state index is 12.6. The highest BCUT2D eigenvalue weighted by Crippen LogP contribution is 2.39. The second kappa shape index (κ2) is 3.18. The molecule has 0 aliphatic carbocycles. The molecule has 2 nitrogen and oxygen atoms in total. The first-order valence-electron chi connectivity index (χ1n) is 4.34. The molecule has 0 saturated heterocycles. The summed E-state index contributed by atoms with van der Waals surface area (Å²) in [6, 6.07) is 3.71. The Balaban J connectivity index is 2.61. The first-order chi connectivity index (χ1) is 7.00. The summed E-state index contributed by atoms with van der Waals surface area (Å²) < 4.78 is 37.7. The van der Waals surface area contributed by atoms with E-state index in [0.29, 0.717) is 0 Å². The Hall–Kier alpha value is -1.65. The molecule has 15 heavy (non-hydrogen) atoms. The van der Waals surface area contributed by atoms with E-state index in [-0.39, 0.29) is 23.6 Å². The van der Waals surface area contributed by atoms with Gasteiger partial charge in [-0.1, -0.05) is 6.07 Å². The predicted molar refractivity (Wildman–Crippen MR) is 50.5 cm³/mol. The minimum Gasteiger partial charge on any atom is -0.508 e. The number of halogens is 3. The van der Waals surface area contributed by atoms with E-state index in [1.54, 1.807) is 0 Å². The zero-order chi connectivity index (χ0) is 11.1. The third-order valence-corrected chi connectivity index (χ3v) is 2.22. The lowest BCUT2D eigenvalue weighted by atomic mass is 10.0. The van der Waals surface area contributed by atoms with Crippen LogP contribution in [0.15, 0.2) is 24.3 Å². The molecule has 0 aromatic heterocycles. The van der Waals surface area contributed by atoms with Crippen molar-refractivity contribution in [3.63, 3.8) is 0 Å². The minimum absolute atomic E-state index is 0.0509. The maximum absolute atomic E-state index is 12.6. The number of aliphatic hydroxyl groups is 1. The van der Waals surface area contributed by atoms with Crippen molar-refractivity contribution in [1.29, 1.82) is 0 Å². The molecule has 0 atom stereocenters. The minimum atomic E-state index is -4.41. The van der Waals surface area contributed by atoms with Gasteiger partial charge in [0.1, 0.15) is 5.76 Å². The average molecular weight is 215 g/mol. The Bertz CT molecular complexity index is 423. The van der Waals surface area contributed by atoms with Gasteiger partial charge in [0.15, 0.2) is 0 Å². The number of fused-ring (bicyclic) bond motifs is 1. The highest BCUT2D eigenvalue weighted by Gasteiger charge is 2.35. The third kappa shape index (κ3) is 1.65. The van der Waals surface area contributed by atoms with E-state index in [2.05, 4.69) is 5.32 Å². The van der Waals surface area contributed by atoms with Gasteiger partial charge in [-0.3, -0.25) is 0 Å². The van der Waals surface area contributed by atoms with Crippen LogP contribution < -0.4 is 5.32 Å². The molecule has 1 aliphatic heterocycles. The largest absolute Gasteiger partial charge is 0.508 e. The Labute approximate surface area is 84.0 Å². The van der Waals surface area contributed by atoms with Gasteiger partial charge in [0.05, 0.1) is 11.3 Å². The normalized spacial score (nSPS) is 15.3. The summed E-state index contributed by atoms with van der Waals surface area (Å²) in [6.07, 6.45) is -2.97. The van der Waals surface area contributed by atoms with Crippen LogP contribution in [-0.4, -0.2) is 11.7 Å². The molecule has 0 radical (unpaired) electrons. The Morgan fingerprint density at radius 2 is 2.00 bits per heavy atom. The van der Waals surface area contributed by atoms with Gasteiger partial charge in [0.2, 0.25) is 0 Å². The van der Waals surface area contributed by atoms with Crippen LogP contribution >= 0.6 is 0 Å². The van der Waals surface area contributed by atoms with E-state index < -0.39 is 11.7 Å². The van der Waals surface area contributed by atoms with Gasteiger partial charge >= 0.3 is 6.18 Å². The molecule has 1 aromatic carbocycles. The summed E-state index contributed by atoms with van der Waals surface area (Å²) in [5.74, 6) is -0.116. The molecule has 80 valence electrons. The van der Waals surface area contributed by atoms with Crippen molar-refractivity contribution < 1.29 is 18.3 Å². The first-order valence-corrected chi connectivity index (χ1v) is 4.34. The fourth-order valence-corrected chi connectivity index (χ4v) is 1.55. The molecule has 2 N–H and O–H groups in total. The molecule has 0 saturated carbocycles. The van der Waals surface area contributed by atoms with Crippen molar-refractivity contribution in [2.24, 2.45) is 0 Å². The van der Waals surface area contributed by atoms with Gasteiger partial charge < -0.3 is 10.4 Å². The lowest BCUT2D eigenvalue weighted by molar-refractivity contribution is -0.137. The van der Waals surface area contributed by atoms with Crippen LogP contribution in [0.1, 0.15) is 11.1 Å². The zero-order valence-electron chi connectivity index (χ0n) is 7.60. The number of hydrogen-bond acceptors (Lipinski definition) is 2. The molecule has 0 spiro atoms. The van der Waals surface area contributed by atoms with Gasteiger partial charge in [-0.25, -0.2) is 0 Å². The second-order valence-electron chi connectivity index (χ2n) is 3.20. The summed E-state index contributed by atoms with van der Waals surface area (Å²) in [6.45, 7) is 0.200. The van der Waals surface area contributed by atoms with Crippen molar-refractivity contribution in [1.82, 2.24) is 0 Å². The monoisotopic (exact) mass is 215 g/mol. The van der Waals surface area contributed by atoms with Crippen LogP contribution in [0.2, 0.25) is 0 Å². The molecule has 1 heterocycles. The Morgan fingerprint density at radius 1 is 1.27 bits per heavy atom. The van der Waals surface area contributed by atoms with E-state index in [0.717, 1.165) is 6.07 Å². The topological polar surface area (TPSA) is 32.3 Å². The molecule has 0 unspecified atom stereocenters. The molecule has 5 heteroatoms. The van der Waals surface area contributed by atoms with Crippen LogP contribution in [0.25, 0.3) is 5.76 Å². The van der Waals surface area contributed by atoms with Crippen molar-refractivity contribution in [3.05, 3.63) is 35.4 Å². The number of benzene rings is 1. The Kier molecular flexibility index (Phi) is 2.10. The number of anilines is 1. The maximum Gasteiger partial charge on any atom is 0.418 e. The van der Waals surface area contributed by atoms with Gasteiger partial charge in [0.25, 0.3) is 0 Å². The zero-order valence-corrected chi connectivity index (χ0v) is 7.60. The summed E-state index contributed by atoms with van der Waals surface area (Å²) in [7, 11) is 0. The quantitative estimate of drug-likeness (QED) is 0.697. The highest BCUT2D eigenvalue weighted by atomic mass is 19.4. The second-order valence-corrected chi connectivity index (χ2v) is 3.20. The molecular weight excluding hydrogens is 207 g/mol. The SMILES string of the molecule is OC1=CCNc2c1cccc2C(F)(F)F. The van der Waals surface area contributed by atoms with Gasteiger partial charge in [0, 0.05) is 12.1 Å². The van der Waals surface area contributed by atoms with Crippen LogP contribution in [0, 0.1) is 0 Å². The van der Waals surface area contributed by atoms with Gasteiger partial charge in [-0.05, 0) is 18.2 Å². The van der Waals surface area contributed by atoms with Gasteiger partial charge in [-0.15, -0.1) is 0 Å². The van der Waals surface area contributed by atoms with Crippen molar-refractivity contribution >= 4 is 11.4 Å². The van der Waals surface area contributed by atoms with Crippen molar-refractivity contribution in [3.8, 4) is 0 Å². The van der Waals surface area contributed by atoms with E-state index in [9.17, 15) is 18.3 Å². The van der Waals surface area contributed by atoms with Crippen LogP contribution in [0.4, 0.5) is 18.9 Å². The van der Waals surface area contributed by atoms with E-state index in [1.807, 2.05) is 0 Å². The van der Waals surface area contributed by atoms with Crippen LogP contribution in [0.3, 0.4) is 0 Å². The van der Waals surface area contributed by atoms with Gasteiger partial charge in [-0.2, -0.15) is 13.2 Å². The van der Waals surface area contributed by atoms with Crippen molar-refractivity contribution in [2.75, 3.05) is 11.9 Å². The van der Waals surface area contributed by atoms with E-state index in [1.165, 1.54) is 18.2 Å². The van der Waals surface area contributed by atoms with Crippen LogP contribution in [-0.2, 0) is 6.18 Å². The number of nitrogens with one attached hydrogen (secondary N) is 1.